The van der Waals surface area contributed by atoms with E-state index in [1.54, 1.807) is 0 Å². The minimum absolute atomic E-state index is 1.14. The summed E-state index contributed by atoms with van der Waals surface area (Å²) < 4.78 is 4.90. The monoisotopic (exact) mass is 940 g/mol. The molecule has 0 N–H and O–H groups in total. The van der Waals surface area contributed by atoms with Crippen molar-refractivity contribution in [3.05, 3.63) is 291 Å². The SMILES string of the molecule is c1ccc(-c2ccc(-n3c4ccc(-c5ccc(-c6ccc7c(c6)c6cc(-c8ccccc8)ccc6n7-c6ccc(-c7ccccc7)cc6-c6ccccc6)cc5)cc4c4c(-c5ccccc5)cccc43)cc2)cc1. The summed E-state index contributed by atoms with van der Waals surface area (Å²) in [5.74, 6) is 0. The van der Waals surface area contributed by atoms with Crippen molar-refractivity contribution in [1.29, 1.82) is 0 Å². The summed E-state index contributed by atoms with van der Waals surface area (Å²) in [6.07, 6.45) is 0. The molecule has 0 saturated carbocycles. The summed E-state index contributed by atoms with van der Waals surface area (Å²) in [5.41, 5.74) is 23.8. The topological polar surface area (TPSA) is 9.86 Å². The van der Waals surface area contributed by atoms with E-state index in [1.165, 1.54) is 122 Å². The van der Waals surface area contributed by atoms with Crippen molar-refractivity contribution in [1.82, 2.24) is 9.13 Å². The Bertz CT molecular complexity index is 4340. The molecule has 2 heterocycles. The van der Waals surface area contributed by atoms with Gasteiger partial charge in [-0.15, -0.1) is 0 Å². The molecule has 0 spiro atoms. The van der Waals surface area contributed by atoms with E-state index in [9.17, 15) is 0 Å². The molecule has 2 nitrogen and oxygen atoms in total. The molecule has 14 aromatic rings. The molecule has 0 amide bonds. The molecule has 2 heteroatoms. The lowest BCUT2D eigenvalue weighted by atomic mass is 9.96. The van der Waals surface area contributed by atoms with Gasteiger partial charge in [0, 0.05) is 32.8 Å². The molecule has 0 fully saturated rings. The summed E-state index contributed by atoms with van der Waals surface area (Å²) in [4.78, 5) is 0. The highest BCUT2D eigenvalue weighted by Crippen LogP contribution is 2.43. The molecular weight excluding hydrogens is 893 g/mol. The molecule has 0 aliphatic rings. The number of nitrogens with zero attached hydrogens (tertiary/aromatic N) is 2. The molecule has 346 valence electrons. The molecule has 0 unspecified atom stereocenters. The summed E-state index contributed by atoms with van der Waals surface area (Å²) in [6.45, 7) is 0. The highest BCUT2D eigenvalue weighted by Gasteiger charge is 2.20. The van der Waals surface area contributed by atoms with Crippen LogP contribution in [-0.2, 0) is 0 Å². The van der Waals surface area contributed by atoms with Crippen molar-refractivity contribution < 1.29 is 0 Å². The quantitative estimate of drug-likeness (QED) is 0.136. The molecule has 0 radical (unpaired) electrons. The van der Waals surface area contributed by atoms with E-state index in [1.807, 2.05) is 0 Å². The molecule has 74 heavy (non-hydrogen) atoms. The van der Waals surface area contributed by atoms with E-state index in [4.69, 9.17) is 0 Å². The predicted molar refractivity (Wildman–Crippen MR) is 313 cm³/mol. The van der Waals surface area contributed by atoms with Gasteiger partial charge < -0.3 is 9.13 Å². The van der Waals surface area contributed by atoms with Gasteiger partial charge in [0.15, 0.2) is 0 Å². The minimum atomic E-state index is 1.14. The summed E-state index contributed by atoms with van der Waals surface area (Å²) in [5, 5.41) is 4.93. The van der Waals surface area contributed by atoms with Gasteiger partial charge >= 0.3 is 0 Å². The Balaban J connectivity index is 0.887. The first-order chi connectivity index (χ1) is 36.7. The Kier molecular flexibility index (Phi) is 10.6. The van der Waals surface area contributed by atoms with Crippen LogP contribution in [0.3, 0.4) is 0 Å². The van der Waals surface area contributed by atoms with Crippen molar-refractivity contribution in [2.45, 2.75) is 0 Å². The maximum Gasteiger partial charge on any atom is 0.0547 e. The lowest BCUT2D eigenvalue weighted by Crippen LogP contribution is -1.98. The Morgan fingerprint density at radius 1 is 0.189 bits per heavy atom. The van der Waals surface area contributed by atoms with E-state index < -0.39 is 0 Å². The standard InChI is InChI=1S/C72H48N2/c1-6-17-49(18-7-1)52-33-39-61(40-34-52)73-70-44-38-60(48-66(70)72-62(27-16-28-71(72)73)55-23-12-4-13-24-55)54-31-29-53(30-32-54)59-37-43-69-65(47-59)64-46-58(51-21-10-3-11-22-51)36-42-68(64)74(69)67-41-35-57(50-19-8-2-9-20-50)45-63(67)56-25-14-5-15-26-56/h1-48H. The second-order valence-electron chi connectivity index (χ2n) is 19.3. The van der Waals surface area contributed by atoms with Crippen molar-refractivity contribution in [2.24, 2.45) is 0 Å². The van der Waals surface area contributed by atoms with Crippen LogP contribution in [0.25, 0.3) is 133 Å². The number of rotatable bonds is 9. The molecular formula is C72H48N2. The average molecular weight is 941 g/mol. The summed E-state index contributed by atoms with van der Waals surface area (Å²) >= 11 is 0. The fourth-order valence-corrected chi connectivity index (χ4v) is 11.3. The Labute approximate surface area is 431 Å². The van der Waals surface area contributed by atoms with Crippen LogP contribution in [0.1, 0.15) is 0 Å². The third kappa shape index (κ3) is 7.52. The Morgan fingerprint density at radius 3 is 1.04 bits per heavy atom. The first kappa shape index (κ1) is 43.1. The minimum Gasteiger partial charge on any atom is -0.309 e. The fraction of sp³-hybridized carbons (Fsp3) is 0. The highest BCUT2D eigenvalue weighted by molar-refractivity contribution is 6.17. The van der Waals surface area contributed by atoms with Crippen LogP contribution in [0, 0.1) is 0 Å². The number of hydrogen-bond acceptors (Lipinski definition) is 0. The lowest BCUT2D eigenvalue weighted by molar-refractivity contribution is 1.18. The highest BCUT2D eigenvalue weighted by atomic mass is 15.0. The Hall–Kier alpha value is -9.76. The van der Waals surface area contributed by atoms with Crippen LogP contribution < -0.4 is 0 Å². The van der Waals surface area contributed by atoms with Gasteiger partial charge in [0.1, 0.15) is 0 Å². The van der Waals surface area contributed by atoms with Crippen LogP contribution in [-0.4, -0.2) is 9.13 Å². The maximum atomic E-state index is 2.47. The average Bonchev–Trinajstić information content (AvgIpc) is 4.00. The van der Waals surface area contributed by atoms with Gasteiger partial charge in [-0.3, -0.25) is 0 Å². The number of aromatic nitrogens is 2. The van der Waals surface area contributed by atoms with E-state index >= 15 is 0 Å². The third-order valence-corrected chi connectivity index (χ3v) is 15.0. The lowest BCUT2D eigenvalue weighted by Gasteiger charge is -2.16. The second kappa shape index (κ2) is 18.1. The molecule has 12 aromatic carbocycles. The van der Waals surface area contributed by atoms with Crippen molar-refractivity contribution >= 4 is 43.6 Å². The van der Waals surface area contributed by atoms with Gasteiger partial charge in [0.05, 0.1) is 27.8 Å². The van der Waals surface area contributed by atoms with E-state index in [-0.39, 0.29) is 0 Å². The second-order valence-corrected chi connectivity index (χ2v) is 19.3. The molecule has 0 aliphatic heterocycles. The van der Waals surface area contributed by atoms with Crippen molar-refractivity contribution in [3.8, 4) is 89.3 Å². The molecule has 14 rings (SSSR count). The summed E-state index contributed by atoms with van der Waals surface area (Å²) in [7, 11) is 0. The zero-order valence-corrected chi connectivity index (χ0v) is 40.6. The van der Waals surface area contributed by atoms with Crippen LogP contribution in [0.5, 0.6) is 0 Å². The number of benzene rings is 12. The van der Waals surface area contributed by atoms with Crippen LogP contribution in [0.4, 0.5) is 0 Å². The third-order valence-electron chi connectivity index (χ3n) is 15.0. The van der Waals surface area contributed by atoms with Crippen LogP contribution in [0.15, 0.2) is 291 Å². The van der Waals surface area contributed by atoms with Gasteiger partial charge in [-0.1, -0.05) is 224 Å². The smallest absolute Gasteiger partial charge is 0.0547 e. The van der Waals surface area contributed by atoms with E-state index in [0.717, 1.165) is 11.4 Å². The van der Waals surface area contributed by atoms with Crippen LogP contribution in [0.2, 0.25) is 0 Å². The molecule has 0 aliphatic carbocycles. The maximum absolute atomic E-state index is 2.47. The summed E-state index contributed by atoms with van der Waals surface area (Å²) in [6, 6.07) is 106. The van der Waals surface area contributed by atoms with E-state index in [0.29, 0.717) is 0 Å². The van der Waals surface area contributed by atoms with Gasteiger partial charge in [-0.05, 0) is 139 Å². The number of hydrogen-bond donors (Lipinski definition) is 0. The van der Waals surface area contributed by atoms with Gasteiger partial charge in [-0.25, -0.2) is 0 Å². The van der Waals surface area contributed by atoms with Gasteiger partial charge in [0.2, 0.25) is 0 Å². The van der Waals surface area contributed by atoms with Gasteiger partial charge in [0.25, 0.3) is 0 Å². The molecule has 0 bridgehead atoms. The first-order valence-electron chi connectivity index (χ1n) is 25.5. The molecule has 0 atom stereocenters. The largest absolute Gasteiger partial charge is 0.309 e. The Morgan fingerprint density at radius 2 is 0.541 bits per heavy atom. The first-order valence-corrected chi connectivity index (χ1v) is 25.5. The van der Waals surface area contributed by atoms with Gasteiger partial charge in [-0.2, -0.15) is 0 Å². The van der Waals surface area contributed by atoms with Crippen molar-refractivity contribution in [3.63, 3.8) is 0 Å². The normalized spacial score (nSPS) is 11.5. The zero-order chi connectivity index (χ0) is 49.0. The zero-order valence-electron chi connectivity index (χ0n) is 40.6. The predicted octanol–water partition coefficient (Wildman–Crippen LogP) is 19.5. The van der Waals surface area contributed by atoms with Crippen LogP contribution >= 0.6 is 0 Å². The molecule has 0 saturated heterocycles. The number of fused-ring (bicyclic) bond motifs is 6. The molecule has 2 aromatic heterocycles. The van der Waals surface area contributed by atoms with E-state index in [2.05, 4.69) is 300 Å². The van der Waals surface area contributed by atoms with Crippen molar-refractivity contribution in [2.75, 3.05) is 0 Å². The fourth-order valence-electron chi connectivity index (χ4n) is 11.3.